The van der Waals surface area contributed by atoms with Crippen molar-refractivity contribution in [3.05, 3.63) is 35.2 Å². The summed E-state index contributed by atoms with van der Waals surface area (Å²) in [4.78, 5) is 10.8. The fraction of sp³-hybridized carbons (Fsp3) is 0.421. The van der Waals surface area contributed by atoms with Gasteiger partial charge in [-0.25, -0.2) is 14.4 Å². The summed E-state index contributed by atoms with van der Waals surface area (Å²) in [6.07, 6.45) is 2.63. The molecule has 0 radical (unpaired) electrons. The molecule has 2 atom stereocenters. The number of pyridine rings is 2. The van der Waals surface area contributed by atoms with E-state index in [-0.39, 0.29) is 11.7 Å². The minimum absolute atomic E-state index is 0.120. The van der Waals surface area contributed by atoms with Crippen LogP contribution in [0.1, 0.15) is 20.3 Å². The van der Waals surface area contributed by atoms with Crippen LogP contribution >= 0.6 is 11.6 Å². The Bertz CT molecular complexity index is 972. The molecule has 1 aliphatic rings. The zero-order chi connectivity index (χ0) is 19.1. The van der Waals surface area contributed by atoms with E-state index in [4.69, 9.17) is 17.3 Å². The fourth-order valence-corrected chi connectivity index (χ4v) is 3.98. The number of nitrogens with zero attached hydrogens (tertiary/aromatic N) is 4. The number of fused-ring (bicyclic) bond motifs is 1. The molecule has 1 saturated heterocycles. The maximum absolute atomic E-state index is 14.7. The lowest BCUT2D eigenvalue weighted by molar-refractivity contribution is 0.365. The molecule has 1 aliphatic heterocycles. The monoisotopic (exact) mass is 388 g/mol. The lowest BCUT2D eigenvalue weighted by Gasteiger charge is -2.24. The van der Waals surface area contributed by atoms with Crippen LogP contribution in [0.2, 0.25) is 5.02 Å². The van der Waals surface area contributed by atoms with E-state index < -0.39 is 5.82 Å². The summed E-state index contributed by atoms with van der Waals surface area (Å²) < 4.78 is 14.7. The van der Waals surface area contributed by atoms with Gasteiger partial charge in [0.2, 0.25) is 0 Å². The second kappa shape index (κ2) is 7.05. The smallest absolute Gasteiger partial charge is 0.155 e. The van der Waals surface area contributed by atoms with Gasteiger partial charge in [0.1, 0.15) is 17.2 Å². The van der Waals surface area contributed by atoms with Gasteiger partial charge in [0, 0.05) is 30.7 Å². The molecule has 1 fully saturated rings. The average molecular weight is 389 g/mol. The Hall–Kier alpha value is -2.25. The SMILES string of the molecule is CC(C)C(N)[C@H]1CCN(c2nc(-c3n[nH]c4ncccc34)c(F)cc2Cl)C1. The van der Waals surface area contributed by atoms with Crippen molar-refractivity contribution in [1.29, 1.82) is 0 Å². The maximum atomic E-state index is 14.7. The molecule has 4 rings (SSSR count). The van der Waals surface area contributed by atoms with Crippen molar-refractivity contribution >= 4 is 28.5 Å². The molecular weight excluding hydrogens is 367 g/mol. The Morgan fingerprint density at radius 2 is 2.19 bits per heavy atom. The van der Waals surface area contributed by atoms with E-state index in [2.05, 4.69) is 38.9 Å². The molecular formula is C19H22ClFN6. The van der Waals surface area contributed by atoms with Crippen molar-refractivity contribution in [2.24, 2.45) is 17.6 Å². The van der Waals surface area contributed by atoms with Gasteiger partial charge in [-0.15, -0.1) is 0 Å². The van der Waals surface area contributed by atoms with E-state index in [1.807, 2.05) is 6.07 Å². The molecule has 3 aromatic rings. The third-order valence-corrected chi connectivity index (χ3v) is 5.59. The summed E-state index contributed by atoms with van der Waals surface area (Å²) >= 11 is 6.34. The molecule has 4 heterocycles. The molecule has 6 nitrogen and oxygen atoms in total. The maximum Gasteiger partial charge on any atom is 0.155 e. The molecule has 1 unspecified atom stereocenters. The van der Waals surface area contributed by atoms with Crippen LogP contribution in [-0.2, 0) is 0 Å². The van der Waals surface area contributed by atoms with Crippen LogP contribution < -0.4 is 10.6 Å². The van der Waals surface area contributed by atoms with Gasteiger partial charge in [0.05, 0.1) is 5.02 Å². The van der Waals surface area contributed by atoms with Crippen LogP contribution in [-0.4, -0.2) is 39.3 Å². The predicted octanol–water partition coefficient (Wildman–Crippen LogP) is 3.62. The summed E-state index contributed by atoms with van der Waals surface area (Å²) in [5.74, 6) is 0.846. The molecule has 0 aliphatic carbocycles. The largest absolute Gasteiger partial charge is 0.355 e. The second-order valence-corrected chi connectivity index (χ2v) is 7.82. The Labute approximate surface area is 161 Å². The first-order chi connectivity index (χ1) is 13.0. The van der Waals surface area contributed by atoms with Crippen molar-refractivity contribution in [2.75, 3.05) is 18.0 Å². The molecule has 0 aromatic carbocycles. The number of aromatic amines is 1. The molecule has 0 spiro atoms. The van der Waals surface area contributed by atoms with E-state index in [1.54, 1.807) is 12.3 Å². The average Bonchev–Trinajstić information content (AvgIpc) is 3.28. The van der Waals surface area contributed by atoms with Crippen LogP contribution in [0.4, 0.5) is 10.2 Å². The van der Waals surface area contributed by atoms with Gasteiger partial charge in [-0.3, -0.25) is 5.10 Å². The predicted molar refractivity (Wildman–Crippen MR) is 105 cm³/mol. The number of aromatic nitrogens is 4. The Morgan fingerprint density at radius 3 is 2.96 bits per heavy atom. The number of halogens is 2. The van der Waals surface area contributed by atoms with Crippen molar-refractivity contribution in [1.82, 2.24) is 20.2 Å². The van der Waals surface area contributed by atoms with Gasteiger partial charge >= 0.3 is 0 Å². The first-order valence-corrected chi connectivity index (χ1v) is 9.49. The molecule has 142 valence electrons. The van der Waals surface area contributed by atoms with Crippen molar-refractivity contribution in [3.63, 3.8) is 0 Å². The van der Waals surface area contributed by atoms with Gasteiger partial charge in [-0.2, -0.15) is 5.10 Å². The standard InChI is InChI=1S/C19H22ClFN6/c1-10(2)15(22)11-5-7-27(9-11)19-13(20)8-14(21)17(24-19)16-12-4-3-6-23-18(12)26-25-16/h3-4,6,8,10-11,15H,5,7,9,22H2,1-2H3,(H,23,25,26)/t11-,15?/m0/s1. The summed E-state index contributed by atoms with van der Waals surface area (Å²) in [5.41, 5.74) is 7.53. The van der Waals surface area contributed by atoms with Crippen LogP contribution in [0, 0.1) is 17.7 Å². The van der Waals surface area contributed by atoms with Gasteiger partial charge in [0.25, 0.3) is 0 Å². The number of rotatable bonds is 4. The summed E-state index contributed by atoms with van der Waals surface area (Å²) in [7, 11) is 0. The van der Waals surface area contributed by atoms with Crippen molar-refractivity contribution < 1.29 is 4.39 Å². The minimum atomic E-state index is -0.504. The van der Waals surface area contributed by atoms with E-state index >= 15 is 0 Å². The van der Waals surface area contributed by atoms with Crippen molar-refractivity contribution in [3.8, 4) is 11.4 Å². The van der Waals surface area contributed by atoms with Crippen LogP contribution in [0.25, 0.3) is 22.4 Å². The number of hydrogen-bond donors (Lipinski definition) is 2. The Kier molecular flexibility index (Phi) is 4.74. The first kappa shape index (κ1) is 18.1. The molecule has 3 aromatic heterocycles. The van der Waals surface area contributed by atoms with Gasteiger partial charge in [-0.1, -0.05) is 25.4 Å². The fourth-order valence-electron chi connectivity index (χ4n) is 3.72. The van der Waals surface area contributed by atoms with E-state index in [0.717, 1.165) is 24.9 Å². The van der Waals surface area contributed by atoms with Crippen LogP contribution in [0.5, 0.6) is 0 Å². The normalized spacial score (nSPS) is 18.6. The number of H-pyrrole nitrogens is 1. The number of anilines is 1. The summed E-state index contributed by atoms with van der Waals surface area (Å²) in [6.45, 7) is 5.82. The molecule has 27 heavy (non-hydrogen) atoms. The molecule has 0 bridgehead atoms. The van der Waals surface area contributed by atoms with E-state index in [9.17, 15) is 4.39 Å². The van der Waals surface area contributed by atoms with Crippen LogP contribution in [0.15, 0.2) is 24.4 Å². The molecule has 0 saturated carbocycles. The zero-order valence-electron chi connectivity index (χ0n) is 15.3. The van der Waals surface area contributed by atoms with Crippen LogP contribution in [0.3, 0.4) is 0 Å². The van der Waals surface area contributed by atoms with E-state index in [0.29, 0.717) is 34.0 Å². The van der Waals surface area contributed by atoms with Crippen molar-refractivity contribution in [2.45, 2.75) is 26.3 Å². The summed E-state index contributed by atoms with van der Waals surface area (Å²) in [5, 5.41) is 8.06. The topological polar surface area (TPSA) is 83.7 Å². The second-order valence-electron chi connectivity index (χ2n) is 7.41. The molecule has 8 heteroatoms. The highest BCUT2D eigenvalue weighted by Crippen LogP contribution is 2.35. The summed E-state index contributed by atoms with van der Waals surface area (Å²) in [6, 6.07) is 5.06. The Balaban J connectivity index is 1.71. The number of nitrogens with one attached hydrogen (secondary N) is 1. The lowest BCUT2D eigenvalue weighted by atomic mass is 9.91. The highest BCUT2D eigenvalue weighted by molar-refractivity contribution is 6.33. The third-order valence-electron chi connectivity index (χ3n) is 5.31. The first-order valence-electron chi connectivity index (χ1n) is 9.11. The van der Waals surface area contributed by atoms with E-state index in [1.165, 1.54) is 6.07 Å². The highest BCUT2D eigenvalue weighted by Gasteiger charge is 2.31. The number of hydrogen-bond acceptors (Lipinski definition) is 5. The van der Waals surface area contributed by atoms with Gasteiger partial charge < -0.3 is 10.6 Å². The highest BCUT2D eigenvalue weighted by atomic mass is 35.5. The lowest BCUT2D eigenvalue weighted by Crippen LogP contribution is -2.37. The number of nitrogens with two attached hydrogens (primary N) is 1. The molecule has 3 N–H and O–H groups in total. The minimum Gasteiger partial charge on any atom is -0.355 e. The quantitative estimate of drug-likeness (QED) is 0.713. The van der Waals surface area contributed by atoms with Gasteiger partial charge in [-0.05, 0) is 36.5 Å². The Morgan fingerprint density at radius 1 is 1.37 bits per heavy atom. The zero-order valence-corrected chi connectivity index (χ0v) is 16.0. The molecule has 0 amide bonds. The third kappa shape index (κ3) is 3.26. The van der Waals surface area contributed by atoms with Gasteiger partial charge in [0.15, 0.2) is 11.5 Å².